The van der Waals surface area contributed by atoms with Gasteiger partial charge in [0, 0.05) is 37.0 Å². The first kappa shape index (κ1) is 25.6. The van der Waals surface area contributed by atoms with E-state index in [-0.39, 0.29) is 16.2 Å². The van der Waals surface area contributed by atoms with E-state index in [1.54, 1.807) is 0 Å². The number of carbonyl (C=O) groups is 1. The molecule has 4 aliphatic rings. The van der Waals surface area contributed by atoms with Crippen LogP contribution < -0.4 is 4.90 Å². The van der Waals surface area contributed by atoms with Gasteiger partial charge in [0.05, 0.1) is 0 Å². The van der Waals surface area contributed by atoms with Gasteiger partial charge in [-0.25, -0.2) is 0 Å². The number of allylic oxidation sites excluding steroid dienone is 1. The topological polar surface area (TPSA) is 40.5 Å². The van der Waals surface area contributed by atoms with Crippen molar-refractivity contribution in [2.75, 3.05) is 19.0 Å². The van der Waals surface area contributed by atoms with Crippen molar-refractivity contribution in [1.29, 1.82) is 0 Å². The molecule has 4 aliphatic carbocycles. The first-order chi connectivity index (χ1) is 16.8. The fourth-order valence-corrected chi connectivity index (χ4v) is 8.59. The van der Waals surface area contributed by atoms with Gasteiger partial charge in [-0.3, -0.25) is 4.79 Å². The normalized spacial score (nSPS) is 39.8. The average Bonchev–Trinajstić information content (AvgIpc) is 3.08. The molecule has 1 unspecified atom stereocenters. The van der Waals surface area contributed by atoms with Crippen LogP contribution in [0.3, 0.4) is 0 Å². The summed E-state index contributed by atoms with van der Waals surface area (Å²) in [6.45, 7) is 11.2. The molecule has 194 valence electrons. The monoisotopic (exact) mass is 487 g/mol. The second-order valence-electron chi connectivity index (χ2n) is 14.0. The quantitative estimate of drug-likeness (QED) is 0.469. The molecule has 0 saturated heterocycles. The van der Waals surface area contributed by atoms with Crippen molar-refractivity contribution in [1.82, 2.24) is 0 Å². The Bertz CT molecular complexity index is 1130. The molecule has 0 aromatic heterocycles. The number of aliphatic hydroxyl groups is 1. The van der Waals surface area contributed by atoms with Crippen molar-refractivity contribution in [2.45, 2.75) is 91.1 Å². The molecule has 7 atom stereocenters. The standard InChI is InChI=1S/C33H45NO2/c1-30(2,3)18-19-33(36)17-15-28-26-13-10-23-20-25(35)14-16-31(23,4)29(26)27(21-32(28,33)5)22-8-11-24(12-9-22)34(6)7/h8-9,11-12,20,26-29,36H,10,13-17,21H2,1-7H3/t26-,27+,28-,29?,31-,32-,33+/m0/s1. The molecular formula is C33H45NO2. The van der Waals surface area contributed by atoms with E-state index in [1.165, 1.54) is 16.8 Å². The summed E-state index contributed by atoms with van der Waals surface area (Å²) in [4.78, 5) is 14.6. The minimum Gasteiger partial charge on any atom is -0.378 e. The highest BCUT2D eigenvalue weighted by Gasteiger charge is 2.66. The number of carbonyl (C=O) groups excluding carboxylic acids is 1. The number of hydrogen-bond donors (Lipinski definition) is 1. The van der Waals surface area contributed by atoms with Gasteiger partial charge in [-0.05, 0) is 112 Å². The third-order valence-corrected chi connectivity index (χ3v) is 10.6. The van der Waals surface area contributed by atoms with Crippen molar-refractivity contribution >= 4 is 11.5 Å². The Hall–Kier alpha value is -2.05. The van der Waals surface area contributed by atoms with E-state index in [0.717, 1.165) is 38.5 Å². The molecule has 5 rings (SSSR count). The Morgan fingerprint density at radius 3 is 2.36 bits per heavy atom. The first-order valence-corrected chi connectivity index (χ1v) is 14.1. The number of benzene rings is 1. The molecule has 0 bridgehead atoms. The van der Waals surface area contributed by atoms with Crippen LogP contribution in [0.15, 0.2) is 35.9 Å². The molecule has 1 aromatic carbocycles. The molecular weight excluding hydrogens is 442 g/mol. The van der Waals surface area contributed by atoms with Gasteiger partial charge in [-0.2, -0.15) is 0 Å². The van der Waals surface area contributed by atoms with Crippen LogP contribution in [0.25, 0.3) is 0 Å². The van der Waals surface area contributed by atoms with Gasteiger partial charge in [0.1, 0.15) is 5.60 Å². The van der Waals surface area contributed by atoms with Crippen LogP contribution in [0, 0.1) is 45.8 Å². The zero-order valence-corrected chi connectivity index (χ0v) is 23.4. The highest BCUT2D eigenvalue weighted by atomic mass is 16.3. The highest BCUT2D eigenvalue weighted by molar-refractivity contribution is 5.91. The highest BCUT2D eigenvalue weighted by Crippen LogP contribution is 2.70. The van der Waals surface area contributed by atoms with Crippen molar-refractivity contribution in [3.63, 3.8) is 0 Å². The molecule has 3 nitrogen and oxygen atoms in total. The van der Waals surface area contributed by atoms with Crippen LogP contribution >= 0.6 is 0 Å². The molecule has 3 heteroatoms. The van der Waals surface area contributed by atoms with Crippen LogP contribution in [0.1, 0.15) is 91.0 Å². The Morgan fingerprint density at radius 1 is 1.03 bits per heavy atom. The summed E-state index contributed by atoms with van der Waals surface area (Å²) >= 11 is 0. The van der Waals surface area contributed by atoms with E-state index in [0.29, 0.717) is 35.9 Å². The van der Waals surface area contributed by atoms with Gasteiger partial charge in [0.2, 0.25) is 0 Å². The summed E-state index contributed by atoms with van der Waals surface area (Å²) < 4.78 is 0. The number of nitrogens with zero attached hydrogens (tertiary/aromatic N) is 1. The van der Waals surface area contributed by atoms with Crippen LogP contribution in [-0.4, -0.2) is 30.6 Å². The molecule has 3 saturated carbocycles. The molecule has 1 aromatic rings. The Kier molecular flexibility index (Phi) is 6.03. The third-order valence-electron chi connectivity index (χ3n) is 10.6. The van der Waals surface area contributed by atoms with Gasteiger partial charge in [0.15, 0.2) is 5.78 Å². The predicted octanol–water partition coefficient (Wildman–Crippen LogP) is 6.76. The summed E-state index contributed by atoms with van der Waals surface area (Å²) in [6.07, 6.45) is 8.54. The van der Waals surface area contributed by atoms with Gasteiger partial charge < -0.3 is 10.0 Å². The Balaban J connectivity index is 1.63. The maximum Gasteiger partial charge on any atom is 0.155 e. The van der Waals surface area contributed by atoms with Crippen LogP contribution in [-0.2, 0) is 4.79 Å². The van der Waals surface area contributed by atoms with E-state index in [2.05, 4.69) is 89.7 Å². The Labute approximate surface area is 218 Å². The maximum absolute atomic E-state index is 12.4. The number of rotatable bonds is 2. The van der Waals surface area contributed by atoms with E-state index >= 15 is 0 Å². The fraction of sp³-hybridized carbons (Fsp3) is 0.667. The maximum atomic E-state index is 12.4. The zero-order chi connectivity index (χ0) is 26.1. The predicted molar refractivity (Wildman–Crippen MR) is 148 cm³/mol. The summed E-state index contributed by atoms with van der Waals surface area (Å²) in [7, 11) is 4.17. The average molecular weight is 488 g/mol. The van der Waals surface area contributed by atoms with Crippen molar-refractivity contribution in [3.05, 3.63) is 41.5 Å². The van der Waals surface area contributed by atoms with Gasteiger partial charge in [-0.15, -0.1) is 0 Å². The number of ketones is 1. The molecule has 0 heterocycles. The second kappa shape index (κ2) is 8.49. The van der Waals surface area contributed by atoms with Crippen molar-refractivity contribution < 1.29 is 9.90 Å². The summed E-state index contributed by atoms with van der Waals surface area (Å²) in [6, 6.07) is 9.13. The lowest BCUT2D eigenvalue weighted by atomic mass is 9.43. The summed E-state index contributed by atoms with van der Waals surface area (Å²) in [5.41, 5.74) is 2.72. The van der Waals surface area contributed by atoms with E-state index < -0.39 is 5.60 Å². The smallest absolute Gasteiger partial charge is 0.155 e. The molecule has 0 radical (unpaired) electrons. The van der Waals surface area contributed by atoms with Gasteiger partial charge in [-0.1, -0.05) is 43.4 Å². The summed E-state index contributed by atoms with van der Waals surface area (Å²) in [5, 5.41) is 12.2. The molecule has 0 aliphatic heterocycles. The summed E-state index contributed by atoms with van der Waals surface area (Å²) in [5.74, 6) is 9.01. The lowest BCUT2D eigenvalue weighted by Gasteiger charge is -2.61. The van der Waals surface area contributed by atoms with E-state index in [9.17, 15) is 9.90 Å². The lowest BCUT2D eigenvalue weighted by molar-refractivity contribution is -0.122. The van der Waals surface area contributed by atoms with E-state index in [4.69, 9.17) is 0 Å². The van der Waals surface area contributed by atoms with Crippen LogP contribution in [0.2, 0.25) is 0 Å². The number of hydrogen-bond acceptors (Lipinski definition) is 3. The molecule has 1 N–H and O–H groups in total. The minimum atomic E-state index is -0.947. The minimum absolute atomic E-state index is 0.0564. The molecule has 36 heavy (non-hydrogen) atoms. The number of fused-ring (bicyclic) bond motifs is 5. The lowest BCUT2D eigenvalue weighted by Crippen LogP contribution is -2.57. The fourth-order valence-electron chi connectivity index (χ4n) is 8.59. The van der Waals surface area contributed by atoms with Crippen molar-refractivity contribution in [2.24, 2.45) is 34.0 Å². The molecule has 3 fully saturated rings. The second-order valence-corrected chi connectivity index (χ2v) is 14.0. The van der Waals surface area contributed by atoms with Gasteiger partial charge in [0.25, 0.3) is 0 Å². The van der Waals surface area contributed by atoms with Crippen LogP contribution in [0.4, 0.5) is 5.69 Å². The SMILES string of the molecule is CN(C)c1ccc([C@H]2C[C@@]3(C)[C@@H](CC[C@@]3(O)C#CC(C)(C)C)[C@@H]3CCC4=CC(=O)CC[C@]4(C)C23)cc1. The van der Waals surface area contributed by atoms with Gasteiger partial charge >= 0.3 is 0 Å². The zero-order valence-electron chi connectivity index (χ0n) is 23.4. The van der Waals surface area contributed by atoms with Crippen molar-refractivity contribution in [3.8, 4) is 11.8 Å². The molecule has 0 spiro atoms. The van der Waals surface area contributed by atoms with Crippen LogP contribution in [0.5, 0.6) is 0 Å². The van der Waals surface area contributed by atoms with E-state index in [1.807, 2.05) is 6.08 Å². The largest absolute Gasteiger partial charge is 0.378 e. The third kappa shape index (κ3) is 3.96. The Morgan fingerprint density at radius 2 is 1.72 bits per heavy atom. The number of anilines is 1. The first-order valence-electron chi connectivity index (χ1n) is 14.1. The molecule has 0 amide bonds.